The Morgan fingerprint density at radius 1 is 1.37 bits per heavy atom. The van der Waals surface area contributed by atoms with Crippen molar-refractivity contribution in [3.63, 3.8) is 0 Å². The van der Waals surface area contributed by atoms with E-state index in [-0.39, 0.29) is 23.9 Å². The van der Waals surface area contributed by atoms with E-state index in [1.807, 2.05) is 6.07 Å². The van der Waals surface area contributed by atoms with Gasteiger partial charge in [0.1, 0.15) is 0 Å². The number of hydrogen-bond donors (Lipinski definition) is 1. The minimum Gasteiger partial charge on any atom is -0.358 e. The Bertz CT molecular complexity index is 588. The summed E-state index contributed by atoms with van der Waals surface area (Å²) >= 11 is 0. The summed E-state index contributed by atoms with van der Waals surface area (Å²) in [6.45, 7) is 1.62. The Morgan fingerprint density at radius 2 is 1.95 bits per heavy atom. The molecule has 102 valence electrons. The van der Waals surface area contributed by atoms with Gasteiger partial charge in [-0.05, 0) is 24.3 Å². The van der Waals surface area contributed by atoms with Crippen LogP contribution in [0.3, 0.4) is 0 Å². The fourth-order valence-corrected chi connectivity index (χ4v) is 2.86. The molecular weight excluding hydrogens is 266 g/mol. The van der Waals surface area contributed by atoms with Gasteiger partial charge < -0.3 is 5.32 Å². The fraction of sp³-hybridized carbons (Fsp3) is 0.333. The quantitative estimate of drug-likeness (QED) is 0.841. The number of benzene rings is 1. The van der Waals surface area contributed by atoms with Gasteiger partial charge in [-0.1, -0.05) is 6.92 Å². The lowest BCUT2D eigenvalue weighted by molar-refractivity contribution is -0.120. The number of nitriles is 1. The van der Waals surface area contributed by atoms with Gasteiger partial charge in [0.2, 0.25) is 15.9 Å². The van der Waals surface area contributed by atoms with E-state index in [1.165, 1.54) is 31.3 Å². The molecule has 0 aliphatic carbocycles. The van der Waals surface area contributed by atoms with E-state index < -0.39 is 10.0 Å². The Labute approximate surface area is 112 Å². The SMILES string of the molecule is CCN(CC(=O)NC)S(=O)(=O)c1ccc(C#N)cc1. The number of likely N-dealkylation sites (N-methyl/N-ethyl adjacent to an activating group) is 2. The van der Waals surface area contributed by atoms with Crippen LogP contribution in [0.4, 0.5) is 0 Å². The summed E-state index contributed by atoms with van der Waals surface area (Å²) in [5, 5.41) is 11.1. The van der Waals surface area contributed by atoms with Crippen LogP contribution in [0, 0.1) is 11.3 Å². The number of nitrogens with zero attached hydrogens (tertiary/aromatic N) is 2. The minimum atomic E-state index is -3.72. The predicted molar refractivity (Wildman–Crippen MR) is 69.7 cm³/mol. The third-order valence-electron chi connectivity index (χ3n) is 2.57. The molecule has 1 N–H and O–H groups in total. The molecule has 0 atom stereocenters. The largest absolute Gasteiger partial charge is 0.358 e. The average Bonchev–Trinajstić information content (AvgIpc) is 2.44. The second-order valence-corrected chi connectivity index (χ2v) is 5.68. The van der Waals surface area contributed by atoms with E-state index in [1.54, 1.807) is 6.92 Å². The lowest BCUT2D eigenvalue weighted by Crippen LogP contribution is -2.39. The first-order valence-corrected chi connectivity index (χ1v) is 7.10. The van der Waals surface area contributed by atoms with Crippen molar-refractivity contribution in [3.05, 3.63) is 29.8 Å². The highest BCUT2D eigenvalue weighted by atomic mass is 32.2. The Morgan fingerprint density at radius 3 is 2.37 bits per heavy atom. The smallest absolute Gasteiger partial charge is 0.243 e. The Hall–Kier alpha value is -1.91. The van der Waals surface area contributed by atoms with Crippen LogP contribution in [-0.4, -0.2) is 38.8 Å². The van der Waals surface area contributed by atoms with E-state index in [9.17, 15) is 13.2 Å². The fourth-order valence-electron chi connectivity index (χ4n) is 1.46. The van der Waals surface area contributed by atoms with E-state index >= 15 is 0 Å². The minimum absolute atomic E-state index is 0.0669. The molecule has 1 aromatic carbocycles. The Kier molecular flexibility index (Phi) is 5.03. The molecule has 0 aliphatic rings. The highest BCUT2D eigenvalue weighted by Crippen LogP contribution is 2.15. The number of carbonyl (C=O) groups excluding carboxylic acids is 1. The first-order chi connectivity index (χ1) is 8.95. The third-order valence-corrected chi connectivity index (χ3v) is 4.51. The van der Waals surface area contributed by atoms with Gasteiger partial charge in [-0.25, -0.2) is 8.42 Å². The van der Waals surface area contributed by atoms with Crippen LogP contribution in [0.5, 0.6) is 0 Å². The number of rotatable bonds is 5. The molecule has 7 heteroatoms. The van der Waals surface area contributed by atoms with Crippen molar-refractivity contribution in [1.82, 2.24) is 9.62 Å². The molecule has 0 aliphatic heterocycles. The second kappa shape index (κ2) is 6.31. The first kappa shape index (κ1) is 15.1. The van der Waals surface area contributed by atoms with Gasteiger partial charge in [-0.3, -0.25) is 4.79 Å². The molecule has 0 bridgehead atoms. The van der Waals surface area contributed by atoms with Crippen molar-refractivity contribution in [3.8, 4) is 6.07 Å². The molecule has 0 spiro atoms. The molecular formula is C12H15N3O3S. The van der Waals surface area contributed by atoms with Gasteiger partial charge in [0.15, 0.2) is 0 Å². The van der Waals surface area contributed by atoms with Crippen LogP contribution < -0.4 is 5.32 Å². The third kappa shape index (κ3) is 3.53. The lowest BCUT2D eigenvalue weighted by atomic mass is 10.2. The topological polar surface area (TPSA) is 90.3 Å². The molecule has 0 saturated heterocycles. The molecule has 0 fully saturated rings. The van der Waals surface area contributed by atoms with Crippen molar-refractivity contribution in [1.29, 1.82) is 5.26 Å². The predicted octanol–water partition coefficient (Wildman–Crippen LogP) is 0.315. The molecule has 1 aromatic rings. The molecule has 0 aromatic heterocycles. The van der Waals surface area contributed by atoms with Crippen LogP contribution >= 0.6 is 0 Å². The highest BCUT2D eigenvalue weighted by Gasteiger charge is 2.24. The summed E-state index contributed by atoms with van der Waals surface area (Å²) in [6.07, 6.45) is 0. The Balaban J connectivity index is 3.06. The summed E-state index contributed by atoms with van der Waals surface area (Å²) in [7, 11) is -2.27. The second-order valence-electron chi connectivity index (χ2n) is 3.74. The molecule has 1 amide bonds. The summed E-state index contributed by atoms with van der Waals surface area (Å²) in [6, 6.07) is 7.50. The maximum atomic E-state index is 12.3. The van der Waals surface area contributed by atoms with Crippen LogP contribution in [0.15, 0.2) is 29.2 Å². The van der Waals surface area contributed by atoms with Crippen LogP contribution in [0.2, 0.25) is 0 Å². The standard InChI is InChI=1S/C12H15N3O3S/c1-3-15(9-12(16)14-2)19(17,18)11-6-4-10(8-13)5-7-11/h4-7H,3,9H2,1-2H3,(H,14,16). The number of sulfonamides is 1. The van der Waals surface area contributed by atoms with Crippen molar-refractivity contribution in [2.45, 2.75) is 11.8 Å². The van der Waals surface area contributed by atoms with E-state index in [0.717, 1.165) is 4.31 Å². The molecule has 6 nitrogen and oxygen atoms in total. The normalized spacial score (nSPS) is 11.1. The number of amides is 1. The zero-order valence-corrected chi connectivity index (χ0v) is 11.6. The zero-order valence-electron chi connectivity index (χ0n) is 10.8. The van der Waals surface area contributed by atoms with E-state index in [2.05, 4.69) is 5.32 Å². The number of nitrogens with one attached hydrogen (secondary N) is 1. The van der Waals surface area contributed by atoms with Gasteiger partial charge in [0.05, 0.1) is 23.1 Å². The number of carbonyl (C=O) groups is 1. The van der Waals surface area contributed by atoms with Gasteiger partial charge in [-0.2, -0.15) is 9.57 Å². The van der Waals surface area contributed by atoms with Gasteiger partial charge in [0.25, 0.3) is 0 Å². The lowest BCUT2D eigenvalue weighted by Gasteiger charge is -2.19. The van der Waals surface area contributed by atoms with Crippen LogP contribution in [0.25, 0.3) is 0 Å². The van der Waals surface area contributed by atoms with Crippen molar-refractivity contribution >= 4 is 15.9 Å². The van der Waals surface area contributed by atoms with Crippen LogP contribution in [0.1, 0.15) is 12.5 Å². The van der Waals surface area contributed by atoms with Gasteiger partial charge in [0, 0.05) is 13.6 Å². The molecule has 1 rings (SSSR count). The summed E-state index contributed by atoms with van der Waals surface area (Å²) in [5.41, 5.74) is 0.383. The van der Waals surface area contributed by atoms with Gasteiger partial charge in [-0.15, -0.1) is 0 Å². The monoisotopic (exact) mass is 281 g/mol. The maximum absolute atomic E-state index is 12.3. The summed E-state index contributed by atoms with van der Waals surface area (Å²) in [4.78, 5) is 11.4. The van der Waals surface area contributed by atoms with Gasteiger partial charge >= 0.3 is 0 Å². The maximum Gasteiger partial charge on any atom is 0.243 e. The first-order valence-electron chi connectivity index (χ1n) is 5.66. The van der Waals surface area contributed by atoms with Crippen molar-refractivity contribution < 1.29 is 13.2 Å². The molecule has 0 saturated carbocycles. The van der Waals surface area contributed by atoms with E-state index in [4.69, 9.17) is 5.26 Å². The van der Waals surface area contributed by atoms with Crippen molar-refractivity contribution in [2.24, 2.45) is 0 Å². The average molecular weight is 281 g/mol. The molecule has 19 heavy (non-hydrogen) atoms. The zero-order chi connectivity index (χ0) is 14.5. The molecule has 0 unspecified atom stereocenters. The molecule has 0 radical (unpaired) electrons. The van der Waals surface area contributed by atoms with Crippen molar-refractivity contribution in [2.75, 3.05) is 20.1 Å². The summed E-state index contributed by atoms with van der Waals surface area (Å²) < 4.78 is 25.6. The molecule has 0 heterocycles. The van der Waals surface area contributed by atoms with Crippen LogP contribution in [-0.2, 0) is 14.8 Å². The summed E-state index contributed by atoms with van der Waals surface area (Å²) in [5.74, 6) is -0.376. The van der Waals surface area contributed by atoms with E-state index in [0.29, 0.717) is 5.56 Å². The highest BCUT2D eigenvalue weighted by molar-refractivity contribution is 7.89. The number of hydrogen-bond acceptors (Lipinski definition) is 4.